The average Bonchev–Trinajstić information content (AvgIpc) is 2.57. The minimum Gasteiger partial charge on any atom is -0.392 e. The van der Waals surface area contributed by atoms with E-state index in [1.807, 2.05) is 36.4 Å². The Morgan fingerprint density at radius 3 is 2.48 bits per heavy atom. The van der Waals surface area contributed by atoms with Gasteiger partial charge in [-0.1, -0.05) is 55.7 Å². The molecule has 0 saturated heterocycles. The van der Waals surface area contributed by atoms with Crippen molar-refractivity contribution >= 4 is 11.0 Å². The molecule has 0 unspecified atom stereocenters. The lowest BCUT2D eigenvalue weighted by molar-refractivity contribution is 0.282. The van der Waals surface area contributed by atoms with E-state index in [-0.39, 0.29) is 6.61 Å². The molecule has 0 amide bonds. The van der Waals surface area contributed by atoms with E-state index in [0.29, 0.717) is 0 Å². The maximum atomic E-state index is 9.34. The van der Waals surface area contributed by atoms with Gasteiger partial charge in [0.15, 0.2) is 0 Å². The molecule has 1 heterocycles. The molecular formula is C20H20N2O. The number of hydrogen-bond acceptors (Lipinski definition) is 3. The van der Waals surface area contributed by atoms with Crippen LogP contribution in [0.1, 0.15) is 30.5 Å². The van der Waals surface area contributed by atoms with Gasteiger partial charge in [-0.3, -0.25) is 0 Å². The van der Waals surface area contributed by atoms with Gasteiger partial charge < -0.3 is 5.11 Å². The van der Waals surface area contributed by atoms with E-state index in [4.69, 9.17) is 9.97 Å². The lowest BCUT2D eigenvalue weighted by atomic mass is 9.81. The fourth-order valence-electron chi connectivity index (χ4n) is 3.17. The van der Waals surface area contributed by atoms with Gasteiger partial charge in [0.05, 0.1) is 29.0 Å². The van der Waals surface area contributed by atoms with Gasteiger partial charge in [-0.25, -0.2) is 9.97 Å². The lowest BCUT2D eigenvalue weighted by Gasteiger charge is -2.25. The Hall–Kier alpha value is -2.26. The molecule has 1 aliphatic carbocycles. The highest BCUT2D eigenvalue weighted by molar-refractivity contribution is 5.79. The lowest BCUT2D eigenvalue weighted by Crippen LogP contribution is -2.15. The first-order chi connectivity index (χ1) is 11.3. The number of benzene rings is 2. The van der Waals surface area contributed by atoms with Crippen molar-refractivity contribution in [1.82, 2.24) is 9.97 Å². The summed E-state index contributed by atoms with van der Waals surface area (Å²) in [5, 5.41) is 9.34. The van der Waals surface area contributed by atoms with E-state index in [1.54, 1.807) is 0 Å². The molecule has 4 rings (SSSR count). The fraction of sp³-hybridized carbons (Fsp3) is 0.300. The molecular weight excluding hydrogens is 284 g/mol. The molecule has 1 fully saturated rings. The SMILES string of the molecule is OCc1ccc2nc(-c3ccccc3)c(CC3CCC3)nc2c1. The second-order valence-electron chi connectivity index (χ2n) is 6.37. The molecule has 3 nitrogen and oxygen atoms in total. The molecule has 0 radical (unpaired) electrons. The predicted molar refractivity (Wildman–Crippen MR) is 91.9 cm³/mol. The van der Waals surface area contributed by atoms with Crippen LogP contribution in [0.3, 0.4) is 0 Å². The highest BCUT2D eigenvalue weighted by Crippen LogP contribution is 2.33. The first-order valence-corrected chi connectivity index (χ1v) is 8.29. The van der Waals surface area contributed by atoms with Crippen LogP contribution in [0.15, 0.2) is 48.5 Å². The molecule has 0 atom stereocenters. The minimum absolute atomic E-state index is 0.0377. The molecule has 1 aliphatic rings. The van der Waals surface area contributed by atoms with E-state index in [0.717, 1.165) is 45.9 Å². The molecule has 0 aliphatic heterocycles. The third-order valence-corrected chi connectivity index (χ3v) is 4.74. The summed E-state index contributed by atoms with van der Waals surface area (Å²) in [6.45, 7) is 0.0377. The second kappa shape index (κ2) is 6.09. The summed E-state index contributed by atoms with van der Waals surface area (Å²) in [6.07, 6.45) is 4.92. The van der Waals surface area contributed by atoms with Gasteiger partial charge in [0, 0.05) is 5.56 Å². The molecule has 3 aromatic rings. The number of aliphatic hydroxyl groups excluding tert-OH is 1. The Morgan fingerprint density at radius 2 is 1.78 bits per heavy atom. The van der Waals surface area contributed by atoms with E-state index in [9.17, 15) is 5.11 Å². The van der Waals surface area contributed by atoms with Crippen LogP contribution in [-0.4, -0.2) is 15.1 Å². The Labute approximate surface area is 136 Å². The molecule has 1 aromatic heterocycles. The molecule has 1 saturated carbocycles. The highest BCUT2D eigenvalue weighted by atomic mass is 16.3. The summed E-state index contributed by atoms with van der Waals surface area (Å²) in [7, 11) is 0. The average molecular weight is 304 g/mol. The van der Waals surface area contributed by atoms with Gasteiger partial charge in [0.25, 0.3) is 0 Å². The quantitative estimate of drug-likeness (QED) is 0.788. The van der Waals surface area contributed by atoms with E-state index >= 15 is 0 Å². The Bertz CT molecular complexity index is 826. The van der Waals surface area contributed by atoms with Crippen molar-refractivity contribution < 1.29 is 5.11 Å². The Kier molecular flexibility index (Phi) is 3.80. The van der Waals surface area contributed by atoms with Crippen molar-refractivity contribution in [3.8, 4) is 11.3 Å². The van der Waals surface area contributed by atoms with Gasteiger partial charge in [-0.15, -0.1) is 0 Å². The van der Waals surface area contributed by atoms with Crippen molar-refractivity contribution in [2.24, 2.45) is 5.92 Å². The number of fused-ring (bicyclic) bond motifs is 1. The predicted octanol–water partition coefficient (Wildman–Crippen LogP) is 4.13. The first-order valence-electron chi connectivity index (χ1n) is 8.29. The summed E-state index contributed by atoms with van der Waals surface area (Å²) in [5.41, 5.74) is 5.87. The van der Waals surface area contributed by atoms with E-state index < -0.39 is 0 Å². The van der Waals surface area contributed by atoms with Gasteiger partial charge in [-0.2, -0.15) is 0 Å². The van der Waals surface area contributed by atoms with Crippen molar-refractivity contribution in [2.45, 2.75) is 32.3 Å². The number of aromatic nitrogens is 2. The van der Waals surface area contributed by atoms with Crippen LogP contribution < -0.4 is 0 Å². The molecule has 3 heteroatoms. The standard InChI is InChI=1S/C20H20N2O/c23-13-15-9-10-17-18(12-15)21-19(11-14-5-4-6-14)20(22-17)16-7-2-1-3-8-16/h1-3,7-10,12,14,23H,4-6,11,13H2. The molecule has 0 spiro atoms. The normalized spacial score (nSPS) is 14.8. The molecule has 0 bridgehead atoms. The number of aliphatic hydroxyl groups is 1. The van der Waals surface area contributed by atoms with Crippen LogP contribution in [0.4, 0.5) is 0 Å². The summed E-state index contributed by atoms with van der Waals surface area (Å²) in [4.78, 5) is 9.80. The third-order valence-electron chi connectivity index (χ3n) is 4.74. The second-order valence-corrected chi connectivity index (χ2v) is 6.37. The van der Waals surface area contributed by atoms with Crippen molar-refractivity contribution in [2.75, 3.05) is 0 Å². The zero-order valence-electron chi connectivity index (χ0n) is 13.1. The van der Waals surface area contributed by atoms with E-state index in [2.05, 4.69) is 12.1 Å². The number of hydrogen-bond donors (Lipinski definition) is 1. The third kappa shape index (κ3) is 2.84. The van der Waals surface area contributed by atoms with Gasteiger partial charge in [0.1, 0.15) is 0 Å². The smallest absolute Gasteiger partial charge is 0.0925 e. The van der Waals surface area contributed by atoms with Crippen LogP contribution in [0, 0.1) is 5.92 Å². The first kappa shape index (κ1) is 14.3. The molecule has 23 heavy (non-hydrogen) atoms. The van der Waals surface area contributed by atoms with Crippen LogP contribution in [0.5, 0.6) is 0 Å². The van der Waals surface area contributed by atoms with Crippen molar-refractivity contribution in [3.63, 3.8) is 0 Å². The maximum Gasteiger partial charge on any atom is 0.0925 e. The van der Waals surface area contributed by atoms with Gasteiger partial charge >= 0.3 is 0 Å². The van der Waals surface area contributed by atoms with Crippen LogP contribution in [0.2, 0.25) is 0 Å². The number of nitrogens with zero attached hydrogens (tertiary/aromatic N) is 2. The van der Waals surface area contributed by atoms with Gasteiger partial charge in [0.2, 0.25) is 0 Å². The monoisotopic (exact) mass is 304 g/mol. The zero-order valence-corrected chi connectivity index (χ0v) is 13.1. The summed E-state index contributed by atoms with van der Waals surface area (Å²) < 4.78 is 0. The largest absolute Gasteiger partial charge is 0.392 e. The molecule has 2 aromatic carbocycles. The summed E-state index contributed by atoms with van der Waals surface area (Å²) >= 11 is 0. The van der Waals surface area contributed by atoms with Gasteiger partial charge in [-0.05, 0) is 30.0 Å². The maximum absolute atomic E-state index is 9.34. The van der Waals surface area contributed by atoms with Crippen LogP contribution in [0.25, 0.3) is 22.3 Å². The number of rotatable bonds is 4. The topological polar surface area (TPSA) is 46.0 Å². The molecule has 1 N–H and O–H groups in total. The van der Waals surface area contributed by atoms with Crippen LogP contribution >= 0.6 is 0 Å². The summed E-state index contributed by atoms with van der Waals surface area (Å²) in [6, 6.07) is 16.1. The highest BCUT2D eigenvalue weighted by Gasteiger charge is 2.21. The molecule has 116 valence electrons. The Morgan fingerprint density at radius 1 is 0.957 bits per heavy atom. The van der Waals surface area contributed by atoms with Crippen molar-refractivity contribution in [1.29, 1.82) is 0 Å². The summed E-state index contributed by atoms with van der Waals surface area (Å²) in [5.74, 6) is 0.741. The van der Waals surface area contributed by atoms with Crippen molar-refractivity contribution in [3.05, 3.63) is 59.8 Å². The Balaban J connectivity index is 1.85. The minimum atomic E-state index is 0.0377. The van der Waals surface area contributed by atoms with E-state index in [1.165, 1.54) is 19.3 Å². The zero-order chi connectivity index (χ0) is 15.6. The van der Waals surface area contributed by atoms with Crippen LogP contribution in [-0.2, 0) is 13.0 Å². The fourth-order valence-corrected chi connectivity index (χ4v) is 3.17.